The lowest BCUT2D eigenvalue weighted by molar-refractivity contribution is 0.271. The summed E-state index contributed by atoms with van der Waals surface area (Å²) in [6.07, 6.45) is 8.49. The van der Waals surface area contributed by atoms with Gasteiger partial charge in [-0.25, -0.2) is 4.98 Å². The van der Waals surface area contributed by atoms with Gasteiger partial charge in [0.15, 0.2) is 0 Å². The van der Waals surface area contributed by atoms with Gasteiger partial charge in [-0.05, 0) is 25.7 Å². The molecule has 3 heteroatoms. The van der Waals surface area contributed by atoms with E-state index in [1.807, 2.05) is 6.92 Å². The Balaban J connectivity index is 1.77. The predicted molar refractivity (Wildman–Crippen MR) is 64.1 cm³/mol. The summed E-state index contributed by atoms with van der Waals surface area (Å²) in [6.45, 7) is 5.00. The molecule has 0 saturated heterocycles. The van der Waals surface area contributed by atoms with Crippen molar-refractivity contribution >= 4 is 0 Å². The van der Waals surface area contributed by atoms with Crippen LogP contribution in [-0.2, 0) is 6.54 Å². The van der Waals surface area contributed by atoms with E-state index in [1.54, 1.807) is 6.20 Å². The first-order valence-electron chi connectivity index (χ1n) is 6.42. The van der Waals surface area contributed by atoms with Gasteiger partial charge in [-0.15, -0.1) is 0 Å². The Kier molecular flexibility index (Phi) is 3.99. The molecule has 0 spiro atoms. The van der Waals surface area contributed by atoms with Crippen LogP contribution in [-0.4, -0.2) is 11.0 Å². The van der Waals surface area contributed by atoms with Crippen LogP contribution in [0.15, 0.2) is 10.6 Å². The number of nitrogens with one attached hydrogen (secondary N) is 1. The maximum absolute atomic E-state index is 5.45. The van der Waals surface area contributed by atoms with Crippen molar-refractivity contribution in [2.24, 2.45) is 5.92 Å². The third-order valence-corrected chi connectivity index (χ3v) is 3.57. The van der Waals surface area contributed by atoms with E-state index in [-0.39, 0.29) is 0 Å². The Hall–Kier alpha value is -0.830. The fourth-order valence-electron chi connectivity index (χ4n) is 2.56. The van der Waals surface area contributed by atoms with Crippen LogP contribution in [0.5, 0.6) is 0 Å². The third kappa shape index (κ3) is 3.08. The van der Waals surface area contributed by atoms with Crippen molar-refractivity contribution in [1.82, 2.24) is 10.3 Å². The summed E-state index contributed by atoms with van der Waals surface area (Å²) in [5.74, 6) is 2.63. The molecule has 0 amide bonds. The minimum Gasteiger partial charge on any atom is -0.445 e. The first-order valence-corrected chi connectivity index (χ1v) is 6.42. The van der Waals surface area contributed by atoms with Gasteiger partial charge in [-0.2, -0.15) is 0 Å². The molecule has 1 N–H and O–H groups in total. The van der Waals surface area contributed by atoms with Crippen LogP contribution in [0.3, 0.4) is 0 Å². The molecule has 1 aromatic heterocycles. The van der Waals surface area contributed by atoms with Crippen molar-refractivity contribution in [1.29, 1.82) is 0 Å². The zero-order valence-electron chi connectivity index (χ0n) is 10.3. The van der Waals surface area contributed by atoms with Gasteiger partial charge < -0.3 is 9.73 Å². The molecule has 2 unspecified atom stereocenters. The minimum atomic E-state index is 0.658. The fourth-order valence-corrected chi connectivity index (χ4v) is 2.56. The van der Waals surface area contributed by atoms with Crippen molar-refractivity contribution in [2.45, 2.75) is 58.5 Å². The second kappa shape index (κ2) is 5.48. The average Bonchev–Trinajstić information content (AvgIpc) is 2.73. The molecule has 1 aliphatic carbocycles. The molecular weight excluding hydrogens is 200 g/mol. The molecule has 1 heterocycles. The average molecular weight is 222 g/mol. The van der Waals surface area contributed by atoms with Crippen molar-refractivity contribution in [2.75, 3.05) is 0 Å². The van der Waals surface area contributed by atoms with Gasteiger partial charge in [0.1, 0.15) is 5.76 Å². The molecule has 2 atom stereocenters. The number of aromatic nitrogens is 1. The first-order chi connectivity index (χ1) is 7.78. The second-order valence-corrected chi connectivity index (χ2v) is 4.88. The Morgan fingerprint density at radius 3 is 3.06 bits per heavy atom. The van der Waals surface area contributed by atoms with Crippen LogP contribution in [0.2, 0.25) is 0 Å². The van der Waals surface area contributed by atoms with Crippen molar-refractivity contribution < 1.29 is 4.42 Å². The molecular formula is C13H22N2O. The fraction of sp³-hybridized carbons (Fsp3) is 0.769. The van der Waals surface area contributed by atoms with E-state index in [9.17, 15) is 0 Å². The van der Waals surface area contributed by atoms with Crippen LogP contribution in [0, 0.1) is 12.8 Å². The molecule has 2 rings (SSSR count). The Bertz CT molecular complexity index is 321. The molecule has 16 heavy (non-hydrogen) atoms. The summed E-state index contributed by atoms with van der Waals surface area (Å²) < 4.78 is 5.45. The smallest absolute Gasteiger partial charge is 0.208 e. The number of hydrogen-bond acceptors (Lipinski definition) is 3. The highest BCUT2D eigenvalue weighted by Gasteiger charge is 2.20. The zero-order valence-corrected chi connectivity index (χ0v) is 10.3. The standard InChI is InChI=1S/C13H22N2O/c1-3-11-5-4-6-12(7-11)14-9-13-15-8-10(2)16-13/h8,11-12,14H,3-7,9H2,1-2H3. The summed E-state index contributed by atoms with van der Waals surface area (Å²) in [6, 6.07) is 0.658. The van der Waals surface area contributed by atoms with Gasteiger partial charge in [0, 0.05) is 6.04 Å². The maximum Gasteiger partial charge on any atom is 0.208 e. The molecule has 0 bridgehead atoms. The number of aryl methyl sites for hydroxylation is 1. The molecule has 90 valence electrons. The van der Waals surface area contributed by atoms with Crippen molar-refractivity contribution in [3.05, 3.63) is 17.8 Å². The highest BCUT2D eigenvalue weighted by atomic mass is 16.4. The van der Waals surface area contributed by atoms with E-state index in [0.29, 0.717) is 6.04 Å². The molecule has 0 aliphatic heterocycles. The Morgan fingerprint density at radius 2 is 2.38 bits per heavy atom. The van der Waals surface area contributed by atoms with Gasteiger partial charge in [-0.1, -0.05) is 26.2 Å². The number of rotatable bonds is 4. The van der Waals surface area contributed by atoms with E-state index in [2.05, 4.69) is 17.2 Å². The first kappa shape index (κ1) is 11.6. The largest absolute Gasteiger partial charge is 0.445 e. The summed E-state index contributed by atoms with van der Waals surface area (Å²) in [7, 11) is 0. The number of nitrogens with zero attached hydrogens (tertiary/aromatic N) is 1. The lowest BCUT2D eigenvalue weighted by atomic mass is 9.84. The Labute approximate surface area is 97.6 Å². The maximum atomic E-state index is 5.45. The van der Waals surface area contributed by atoms with Gasteiger partial charge in [-0.3, -0.25) is 0 Å². The molecule has 1 saturated carbocycles. The number of oxazole rings is 1. The second-order valence-electron chi connectivity index (χ2n) is 4.88. The minimum absolute atomic E-state index is 0.658. The molecule has 1 fully saturated rings. The van der Waals surface area contributed by atoms with E-state index < -0.39 is 0 Å². The summed E-state index contributed by atoms with van der Waals surface area (Å²) in [4.78, 5) is 4.21. The van der Waals surface area contributed by atoms with E-state index in [0.717, 1.165) is 24.1 Å². The molecule has 3 nitrogen and oxygen atoms in total. The van der Waals surface area contributed by atoms with E-state index in [4.69, 9.17) is 4.42 Å². The highest BCUT2D eigenvalue weighted by Crippen LogP contribution is 2.26. The topological polar surface area (TPSA) is 38.1 Å². The summed E-state index contributed by atoms with van der Waals surface area (Å²) in [5, 5.41) is 3.56. The molecule has 1 aromatic rings. The monoisotopic (exact) mass is 222 g/mol. The molecule has 0 radical (unpaired) electrons. The number of hydrogen-bond donors (Lipinski definition) is 1. The quantitative estimate of drug-likeness (QED) is 0.851. The van der Waals surface area contributed by atoms with Crippen LogP contribution in [0.1, 0.15) is 50.7 Å². The normalized spacial score (nSPS) is 25.9. The van der Waals surface area contributed by atoms with Crippen molar-refractivity contribution in [3.8, 4) is 0 Å². The van der Waals surface area contributed by atoms with Crippen LogP contribution < -0.4 is 5.32 Å². The lowest BCUT2D eigenvalue weighted by Gasteiger charge is -2.28. The van der Waals surface area contributed by atoms with Crippen LogP contribution >= 0.6 is 0 Å². The van der Waals surface area contributed by atoms with E-state index >= 15 is 0 Å². The van der Waals surface area contributed by atoms with E-state index in [1.165, 1.54) is 32.1 Å². The molecule has 1 aliphatic rings. The zero-order chi connectivity index (χ0) is 11.4. The van der Waals surface area contributed by atoms with Gasteiger partial charge >= 0.3 is 0 Å². The van der Waals surface area contributed by atoms with Crippen LogP contribution in [0.4, 0.5) is 0 Å². The highest BCUT2D eigenvalue weighted by molar-refractivity contribution is 4.91. The van der Waals surface area contributed by atoms with Crippen molar-refractivity contribution in [3.63, 3.8) is 0 Å². The Morgan fingerprint density at radius 1 is 1.50 bits per heavy atom. The SMILES string of the molecule is CCC1CCCC(NCc2ncc(C)o2)C1. The van der Waals surface area contributed by atoms with Gasteiger partial charge in [0.05, 0.1) is 12.7 Å². The lowest BCUT2D eigenvalue weighted by Crippen LogP contribution is -2.33. The van der Waals surface area contributed by atoms with Gasteiger partial charge in [0.25, 0.3) is 0 Å². The predicted octanol–water partition coefficient (Wildman–Crippen LogP) is 3.04. The van der Waals surface area contributed by atoms with Crippen LogP contribution in [0.25, 0.3) is 0 Å². The summed E-state index contributed by atoms with van der Waals surface area (Å²) in [5.41, 5.74) is 0. The molecule has 0 aromatic carbocycles. The summed E-state index contributed by atoms with van der Waals surface area (Å²) >= 11 is 0. The third-order valence-electron chi connectivity index (χ3n) is 3.57. The van der Waals surface area contributed by atoms with Gasteiger partial charge in [0.2, 0.25) is 5.89 Å².